The zero-order chi connectivity index (χ0) is 29.8. The highest BCUT2D eigenvalue weighted by Gasteiger charge is 2.45. The third-order valence-electron chi connectivity index (χ3n) is 9.33. The summed E-state index contributed by atoms with van der Waals surface area (Å²) in [6, 6.07) is 64.3. The molecule has 1 nitrogen and oxygen atoms in total. The number of hydrogen-bond donors (Lipinski definition) is 0. The number of anilines is 3. The standard InChI is InChI=1S/C43H29NS/c1-4-14-30(15-5-1)43(39-22-12-10-20-35(39)36-21-11-13-23-40(36)43)31-24-26-37-38-29-34(25-27-41(38)45-42(37)28-31)44(32-16-6-2-7-17-32)33-18-8-3-9-19-33/h1-29H. The van der Waals surface area contributed by atoms with E-state index in [0.29, 0.717) is 0 Å². The third kappa shape index (κ3) is 3.93. The first-order valence-corrected chi connectivity index (χ1v) is 16.3. The smallest absolute Gasteiger partial charge is 0.0714 e. The lowest BCUT2D eigenvalue weighted by Crippen LogP contribution is -2.28. The Bertz CT molecular complexity index is 2240. The first kappa shape index (κ1) is 26.0. The number of hydrogen-bond acceptors (Lipinski definition) is 2. The second-order valence-electron chi connectivity index (χ2n) is 11.7. The normalized spacial score (nSPS) is 13.1. The topological polar surface area (TPSA) is 3.24 Å². The van der Waals surface area contributed by atoms with E-state index in [4.69, 9.17) is 0 Å². The van der Waals surface area contributed by atoms with E-state index >= 15 is 0 Å². The van der Waals surface area contributed by atoms with Crippen LogP contribution in [0.25, 0.3) is 31.3 Å². The molecule has 0 amide bonds. The SMILES string of the molecule is c1ccc(N(c2ccccc2)c2ccc3sc4cc(C5(c6ccccc6)c6ccccc6-c6ccccc65)ccc4c3c2)cc1. The molecule has 0 radical (unpaired) electrons. The van der Waals surface area contributed by atoms with Crippen LogP contribution >= 0.6 is 11.3 Å². The molecule has 0 spiro atoms. The second-order valence-corrected chi connectivity index (χ2v) is 12.8. The van der Waals surface area contributed by atoms with Crippen molar-refractivity contribution in [3.8, 4) is 11.1 Å². The Morgan fingerprint density at radius 1 is 0.378 bits per heavy atom. The number of fused-ring (bicyclic) bond motifs is 6. The van der Waals surface area contributed by atoms with Gasteiger partial charge in [0.2, 0.25) is 0 Å². The van der Waals surface area contributed by atoms with Crippen molar-refractivity contribution >= 4 is 48.6 Å². The Morgan fingerprint density at radius 3 is 1.56 bits per heavy atom. The van der Waals surface area contributed by atoms with Gasteiger partial charge in [-0.05, 0) is 81.9 Å². The van der Waals surface area contributed by atoms with Gasteiger partial charge in [-0.2, -0.15) is 0 Å². The van der Waals surface area contributed by atoms with E-state index < -0.39 is 0 Å². The Hall–Kier alpha value is -5.44. The van der Waals surface area contributed by atoms with Crippen molar-refractivity contribution in [1.29, 1.82) is 0 Å². The highest BCUT2D eigenvalue weighted by molar-refractivity contribution is 7.25. The van der Waals surface area contributed by atoms with Crippen molar-refractivity contribution in [3.05, 3.63) is 198 Å². The zero-order valence-corrected chi connectivity index (χ0v) is 25.4. The summed E-state index contributed by atoms with van der Waals surface area (Å²) in [5, 5.41) is 2.58. The molecule has 0 saturated carbocycles. The van der Waals surface area contributed by atoms with Crippen LogP contribution in [-0.4, -0.2) is 0 Å². The Morgan fingerprint density at radius 2 is 0.933 bits per heavy atom. The summed E-state index contributed by atoms with van der Waals surface area (Å²) in [5.74, 6) is 0. The van der Waals surface area contributed by atoms with E-state index in [1.165, 1.54) is 53.6 Å². The molecular formula is C43H29NS. The third-order valence-corrected chi connectivity index (χ3v) is 10.5. The molecule has 0 N–H and O–H groups in total. The highest BCUT2D eigenvalue weighted by atomic mass is 32.1. The molecule has 0 fully saturated rings. The first-order chi connectivity index (χ1) is 22.3. The maximum absolute atomic E-state index is 2.46. The monoisotopic (exact) mass is 591 g/mol. The maximum Gasteiger partial charge on any atom is 0.0714 e. The van der Waals surface area contributed by atoms with Crippen molar-refractivity contribution in [2.45, 2.75) is 5.41 Å². The van der Waals surface area contributed by atoms with Gasteiger partial charge in [0.25, 0.3) is 0 Å². The average molecular weight is 592 g/mol. The van der Waals surface area contributed by atoms with Crippen molar-refractivity contribution < 1.29 is 0 Å². The van der Waals surface area contributed by atoms with Crippen LogP contribution < -0.4 is 4.90 Å². The quantitative estimate of drug-likeness (QED) is 0.192. The molecule has 1 aliphatic rings. The van der Waals surface area contributed by atoms with Crippen molar-refractivity contribution in [2.75, 3.05) is 4.90 Å². The molecule has 0 aliphatic heterocycles. The minimum Gasteiger partial charge on any atom is -0.310 e. The van der Waals surface area contributed by atoms with Crippen molar-refractivity contribution in [3.63, 3.8) is 0 Å². The predicted molar refractivity (Wildman–Crippen MR) is 191 cm³/mol. The van der Waals surface area contributed by atoms with Gasteiger partial charge in [0.15, 0.2) is 0 Å². The van der Waals surface area contributed by atoms with Gasteiger partial charge in [0.05, 0.1) is 5.41 Å². The van der Waals surface area contributed by atoms with Crippen LogP contribution in [0.5, 0.6) is 0 Å². The van der Waals surface area contributed by atoms with Gasteiger partial charge in [-0.3, -0.25) is 0 Å². The van der Waals surface area contributed by atoms with E-state index in [1.807, 2.05) is 11.3 Å². The lowest BCUT2D eigenvalue weighted by atomic mass is 9.67. The van der Waals surface area contributed by atoms with E-state index in [9.17, 15) is 0 Å². The van der Waals surface area contributed by atoms with Crippen LogP contribution in [0.2, 0.25) is 0 Å². The summed E-state index contributed by atoms with van der Waals surface area (Å²) >= 11 is 1.88. The summed E-state index contributed by atoms with van der Waals surface area (Å²) < 4.78 is 2.61. The summed E-state index contributed by atoms with van der Waals surface area (Å²) in [6.45, 7) is 0. The van der Waals surface area contributed by atoms with Gasteiger partial charge in [-0.1, -0.05) is 127 Å². The Kier molecular flexibility index (Phi) is 5.97. The molecule has 0 unspecified atom stereocenters. The summed E-state index contributed by atoms with van der Waals surface area (Å²) in [6.07, 6.45) is 0. The predicted octanol–water partition coefficient (Wildman–Crippen LogP) is 11.9. The lowest BCUT2D eigenvalue weighted by molar-refractivity contribution is 0.770. The highest BCUT2D eigenvalue weighted by Crippen LogP contribution is 2.56. The minimum atomic E-state index is -0.388. The molecule has 7 aromatic carbocycles. The molecule has 1 heterocycles. The Balaban J connectivity index is 1.26. The molecule has 1 aliphatic carbocycles. The van der Waals surface area contributed by atoms with Gasteiger partial charge < -0.3 is 4.90 Å². The fraction of sp³-hybridized carbons (Fsp3) is 0.0233. The van der Waals surface area contributed by atoms with Crippen LogP contribution in [-0.2, 0) is 5.41 Å². The average Bonchev–Trinajstić information content (AvgIpc) is 3.63. The van der Waals surface area contributed by atoms with Crippen LogP contribution in [0.15, 0.2) is 176 Å². The van der Waals surface area contributed by atoms with Gasteiger partial charge >= 0.3 is 0 Å². The lowest BCUT2D eigenvalue weighted by Gasteiger charge is -2.33. The van der Waals surface area contributed by atoms with Gasteiger partial charge in [-0.25, -0.2) is 0 Å². The summed E-state index contributed by atoms with van der Waals surface area (Å²) in [5.41, 5.74) is 11.0. The molecule has 9 rings (SSSR count). The van der Waals surface area contributed by atoms with Crippen molar-refractivity contribution in [2.24, 2.45) is 0 Å². The molecule has 0 atom stereocenters. The molecule has 2 heteroatoms. The van der Waals surface area contributed by atoms with Crippen LogP contribution in [0.1, 0.15) is 22.3 Å². The van der Waals surface area contributed by atoms with E-state index in [2.05, 4.69) is 181 Å². The fourth-order valence-electron chi connectivity index (χ4n) is 7.45. The van der Waals surface area contributed by atoms with E-state index in [0.717, 1.165) is 17.1 Å². The molecule has 8 aromatic rings. The fourth-order valence-corrected chi connectivity index (χ4v) is 8.58. The summed E-state index contributed by atoms with van der Waals surface area (Å²) in [7, 11) is 0. The minimum absolute atomic E-state index is 0.388. The molecular weight excluding hydrogens is 563 g/mol. The number of rotatable bonds is 5. The zero-order valence-electron chi connectivity index (χ0n) is 24.6. The molecule has 212 valence electrons. The van der Waals surface area contributed by atoms with Gasteiger partial charge in [0, 0.05) is 37.2 Å². The number of para-hydroxylation sites is 2. The van der Waals surface area contributed by atoms with Gasteiger partial charge in [0.1, 0.15) is 0 Å². The van der Waals surface area contributed by atoms with E-state index in [-0.39, 0.29) is 5.41 Å². The molecule has 45 heavy (non-hydrogen) atoms. The largest absolute Gasteiger partial charge is 0.310 e. The second kappa shape index (κ2) is 10.3. The molecule has 0 saturated heterocycles. The number of nitrogens with zero attached hydrogens (tertiary/aromatic N) is 1. The first-order valence-electron chi connectivity index (χ1n) is 15.4. The number of thiophene rings is 1. The van der Waals surface area contributed by atoms with Crippen LogP contribution in [0.4, 0.5) is 17.1 Å². The molecule has 1 aromatic heterocycles. The number of benzene rings is 7. The van der Waals surface area contributed by atoms with Crippen LogP contribution in [0.3, 0.4) is 0 Å². The maximum atomic E-state index is 2.46. The van der Waals surface area contributed by atoms with Gasteiger partial charge in [-0.15, -0.1) is 11.3 Å². The van der Waals surface area contributed by atoms with Crippen molar-refractivity contribution in [1.82, 2.24) is 0 Å². The molecule has 0 bridgehead atoms. The Labute approximate surface area is 267 Å². The van der Waals surface area contributed by atoms with E-state index in [1.54, 1.807) is 0 Å². The van der Waals surface area contributed by atoms with Crippen LogP contribution in [0, 0.1) is 0 Å². The summed E-state index contributed by atoms with van der Waals surface area (Å²) in [4.78, 5) is 2.34.